The van der Waals surface area contributed by atoms with Gasteiger partial charge in [-0.05, 0) is 12.1 Å². The molecule has 29 heavy (non-hydrogen) atoms. The summed E-state index contributed by atoms with van der Waals surface area (Å²) in [5.41, 5.74) is 11.3. The smallest absolute Gasteiger partial charge is 0.352 e. The number of nitro groups is 1. The van der Waals surface area contributed by atoms with E-state index in [9.17, 15) is 18.9 Å². The molecule has 4 aromatic rings. The van der Waals surface area contributed by atoms with Gasteiger partial charge >= 0.3 is 5.69 Å². The number of anilines is 2. The fraction of sp³-hybridized carbons (Fsp3) is 0.0588. The minimum Gasteiger partial charge on any atom is -0.378 e. The molecular weight excluding hydrogens is 386 g/mol. The van der Waals surface area contributed by atoms with Gasteiger partial charge in [-0.3, -0.25) is 10.1 Å². The highest BCUT2D eigenvalue weighted by Gasteiger charge is 2.24. The van der Waals surface area contributed by atoms with Crippen molar-refractivity contribution in [2.24, 2.45) is 0 Å². The van der Waals surface area contributed by atoms with Crippen molar-refractivity contribution < 1.29 is 13.7 Å². The van der Waals surface area contributed by atoms with Crippen molar-refractivity contribution in [3.05, 3.63) is 63.8 Å². The van der Waals surface area contributed by atoms with E-state index in [1.165, 1.54) is 10.7 Å². The molecule has 1 aromatic carbocycles. The van der Waals surface area contributed by atoms with E-state index in [1.54, 1.807) is 18.2 Å². The lowest BCUT2D eigenvalue weighted by Gasteiger charge is -2.04. The van der Waals surface area contributed by atoms with Crippen LogP contribution in [0.15, 0.2) is 36.5 Å². The van der Waals surface area contributed by atoms with E-state index in [1.807, 2.05) is 0 Å². The van der Waals surface area contributed by atoms with Crippen molar-refractivity contribution in [1.82, 2.24) is 24.7 Å². The molecule has 146 valence electrons. The Bertz CT molecular complexity index is 1250. The minimum atomic E-state index is -0.801. The molecule has 0 amide bonds. The Morgan fingerprint density at radius 2 is 1.83 bits per heavy atom. The molecule has 0 radical (unpaired) electrons. The first-order chi connectivity index (χ1) is 13.8. The summed E-state index contributed by atoms with van der Waals surface area (Å²) in [6, 6.07) is 7.24. The largest absolute Gasteiger partial charge is 0.378 e. The third kappa shape index (κ3) is 3.16. The van der Waals surface area contributed by atoms with Crippen molar-refractivity contribution in [3.8, 4) is 11.5 Å². The zero-order chi connectivity index (χ0) is 20.7. The molecule has 0 spiro atoms. The number of benzene rings is 1. The maximum atomic E-state index is 14.1. The molecule has 0 aliphatic carbocycles. The van der Waals surface area contributed by atoms with Gasteiger partial charge in [0, 0.05) is 5.56 Å². The summed E-state index contributed by atoms with van der Waals surface area (Å²) < 4.78 is 29.2. The zero-order valence-electron chi connectivity index (χ0n) is 14.6. The first-order valence-corrected chi connectivity index (χ1v) is 8.18. The lowest BCUT2D eigenvalue weighted by atomic mass is 10.2. The topological polar surface area (TPSA) is 152 Å². The van der Waals surface area contributed by atoms with Crippen LogP contribution in [0.25, 0.3) is 22.6 Å². The molecule has 10 nitrogen and oxygen atoms in total. The first kappa shape index (κ1) is 18.2. The van der Waals surface area contributed by atoms with Crippen LogP contribution in [-0.2, 0) is 6.54 Å². The number of rotatable bonds is 4. The van der Waals surface area contributed by atoms with E-state index in [-0.39, 0.29) is 29.1 Å². The van der Waals surface area contributed by atoms with Crippen molar-refractivity contribution in [3.63, 3.8) is 0 Å². The lowest BCUT2D eigenvalue weighted by Crippen LogP contribution is -2.08. The van der Waals surface area contributed by atoms with Gasteiger partial charge in [-0.2, -0.15) is 5.10 Å². The van der Waals surface area contributed by atoms with Crippen LogP contribution in [0.2, 0.25) is 0 Å². The molecule has 0 bridgehead atoms. The van der Waals surface area contributed by atoms with Gasteiger partial charge in [-0.15, -0.1) is 0 Å². The first-order valence-electron chi connectivity index (χ1n) is 8.18. The summed E-state index contributed by atoms with van der Waals surface area (Å²) in [4.78, 5) is 22.0. The van der Waals surface area contributed by atoms with Gasteiger partial charge in [0.2, 0.25) is 11.6 Å². The van der Waals surface area contributed by atoms with Crippen LogP contribution in [0.1, 0.15) is 5.56 Å². The molecule has 0 unspecified atom stereocenters. The second-order valence-electron chi connectivity index (χ2n) is 6.05. The minimum absolute atomic E-state index is 0.000247. The molecule has 0 saturated heterocycles. The van der Waals surface area contributed by atoms with Crippen LogP contribution in [0.3, 0.4) is 0 Å². The number of nitrogen functional groups attached to an aromatic ring is 2. The Kier molecular flexibility index (Phi) is 4.22. The van der Waals surface area contributed by atoms with Gasteiger partial charge in [0.25, 0.3) is 0 Å². The second-order valence-corrected chi connectivity index (χ2v) is 6.05. The molecule has 4 rings (SSSR count). The van der Waals surface area contributed by atoms with Crippen LogP contribution < -0.4 is 11.5 Å². The average molecular weight is 398 g/mol. The van der Waals surface area contributed by atoms with E-state index in [0.717, 1.165) is 12.3 Å². The Morgan fingerprint density at radius 3 is 2.48 bits per heavy atom. The lowest BCUT2D eigenvalue weighted by molar-refractivity contribution is -0.383. The quantitative estimate of drug-likeness (QED) is 0.392. The number of hydrogen-bond donors (Lipinski definition) is 2. The molecule has 0 fully saturated rings. The summed E-state index contributed by atoms with van der Waals surface area (Å²) in [6.45, 7) is -0.000247. The maximum Gasteiger partial charge on any atom is 0.352 e. The van der Waals surface area contributed by atoms with Gasteiger partial charge in [-0.1, -0.05) is 18.2 Å². The summed E-state index contributed by atoms with van der Waals surface area (Å²) in [5.74, 6) is -2.15. The Morgan fingerprint density at radius 1 is 1.14 bits per heavy atom. The predicted molar refractivity (Wildman–Crippen MR) is 99.5 cm³/mol. The van der Waals surface area contributed by atoms with Gasteiger partial charge in [0.05, 0.1) is 23.1 Å². The van der Waals surface area contributed by atoms with Crippen molar-refractivity contribution in [2.75, 3.05) is 11.5 Å². The second kappa shape index (κ2) is 6.74. The van der Waals surface area contributed by atoms with Gasteiger partial charge in [0.1, 0.15) is 17.3 Å². The number of fused-ring (bicyclic) bond motifs is 1. The Hall–Kier alpha value is -4.22. The van der Waals surface area contributed by atoms with E-state index >= 15 is 0 Å². The SMILES string of the molecule is Nc1nc(-c2nn(Cc3ccccc3F)c3ncc(F)cc23)nc(N)c1[N+](=O)[O-]. The van der Waals surface area contributed by atoms with Crippen LogP contribution in [0.5, 0.6) is 0 Å². The molecule has 3 heterocycles. The fourth-order valence-electron chi connectivity index (χ4n) is 2.88. The van der Waals surface area contributed by atoms with Gasteiger partial charge in [-0.25, -0.2) is 28.4 Å². The Labute approximate surface area is 161 Å². The average Bonchev–Trinajstić information content (AvgIpc) is 3.00. The monoisotopic (exact) mass is 398 g/mol. The molecular formula is C17H12F2N8O2. The predicted octanol–water partition coefficient (Wildman–Crippen LogP) is 2.29. The number of pyridine rings is 1. The maximum absolute atomic E-state index is 14.1. The molecule has 0 aliphatic rings. The number of nitrogens with two attached hydrogens (primary N) is 2. The molecule has 12 heteroatoms. The normalized spacial score (nSPS) is 11.1. The highest BCUT2D eigenvalue weighted by molar-refractivity contribution is 5.90. The molecule has 0 saturated carbocycles. The summed E-state index contributed by atoms with van der Waals surface area (Å²) in [6.07, 6.45) is 0.991. The molecule has 0 aliphatic heterocycles. The van der Waals surface area contributed by atoms with Gasteiger partial charge < -0.3 is 11.5 Å². The number of nitrogens with zero attached hydrogens (tertiary/aromatic N) is 6. The van der Waals surface area contributed by atoms with E-state index in [0.29, 0.717) is 5.56 Å². The van der Waals surface area contributed by atoms with Gasteiger partial charge in [0.15, 0.2) is 11.5 Å². The fourth-order valence-corrected chi connectivity index (χ4v) is 2.88. The van der Waals surface area contributed by atoms with Crippen LogP contribution in [-0.4, -0.2) is 29.7 Å². The third-order valence-electron chi connectivity index (χ3n) is 4.16. The third-order valence-corrected chi connectivity index (χ3v) is 4.16. The number of aromatic nitrogens is 5. The van der Waals surface area contributed by atoms with Crippen LogP contribution >= 0.6 is 0 Å². The van der Waals surface area contributed by atoms with E-state index < -0.39 is 33.9 Å². The summed E-state index contributed by atoms with van der Waals surface area (Å²) in [5, 5.41) is 15.6. The summed E-state index contributed by atoms with van der Waals surface area (Å²) >= 11 is 0. The summed E-state index contributed by atoms with van der Waals surface area (Å²) in [7, 11) is 0. The van der Waals surface area contributed by atoms with Crippen LogP contribution in [0, 0.1) is 21.7 Å². The highest BCUT2D eigenvalue weighted by atomic mass is 19.1. The van der Waals surface area contributed by atoms with Crippen molar-refractivity contribution in [2.45, 2.75) is 6.54 Å². The zero-order valence-corrected chi connectivity index (χ0v) is 14.6. The van der Waals surface area contributed by atoms with E-state index in [4.69, 9.17) is 11.5 Å². The molecule has 0 atom stereocenters. The number of hydrogen-bond acceptors (Lipinski definition) is 8. The Balaban J connectivity index is 1.91. The van der Waals surface area contributed by atoms with Crippen molar-refractivity contribution in [1.29, 1.82) is 0 Å². The van der Waals surface area contributed by atoms with Crippen molar-refractivity contribution >= 4 is 28.4 Å². The van der Waals surface area contributed by atoms with Crippen LogP contribution in [0.4, 0.5) is 26.1 Å². The standard InChI is InChI=1S/C17H12F2N8O2/c18-9-5-10-12(16-23-14(20)13(27(28)29)15(21)24-16)25-26(17(10)22-6-9)7-8-3-1-2-4-11(8)19/h1-6H,7H2,(H4,20,21,23,24). The van der Waals surface area contributed by atoms with E-state index in [2.05, 4.69) is 20.1 Å². The highest BCUT2D eigenvalue weighted by Crippen LogP contribution is 2.31. The molecule has 4 N–H and O–H groups in total. The number of halogens is 2. The molecule has 3 aromatic heterocycles.